The van der Waals surface area contributed by atoms with Crippen molar-refractivity contribution >= 4 is 17.8 Å². The maximum Gasteiger partial charge on any atom is 0.341 e. The number of rotatable bonds is 2. The first kappa shape index (κ1) is 17.7. The van der Waals surface area contributed by atoms with E-state index in [4.69, 9.17) is 4.74 Å². The number of aliphatic hydroxyl groups excluding tert-OH is 1. The lowest BCUT2D eigenvalue weighted by Crippen LogP contribution is -2.21. The fourth-order valence-electron chi connectivity index (χ4n) is 4.50. The summed E-state index contributed by atoms with van der Waals surface area (Å²) in [6.45, 7) is 2.44. The number of ether oxygens (including phenoxy) is 1. The first-order valence-electron chi connectivity index (χ1n) is 9.40. The number of hydrogen-bond donors (Lipinski definition) is 2. The molecule has 2 aliphatic heterocycles. The topological polar surface area (TPSA) is 79.1 Å². The normalized spacial score (nSPS) is 21.8. The highest BCUT2D eigenvalue weighted by atomic mass is 19.1. The number of hydrogen-bond acceptors (Lipinski definition) is 4. The Labute approximate surface area is 166 Å². The highest BCUT2D eigenvalue weighted by Crippen LogP contribution is 2.51. The highest BCUT2D eigenvalue weighted by molar-refractivity contribution is 6.11. The standard InChI is InChI=1S/C23H18FNO4/c1-23-10-16-13-6-7-29-21(13)15(12-4-2-3-5-19(12)24)8-14(16)18(23)9-20(26)17(11-25-23)22(27)28/h2-5,8-9,11,26H,6-7,10H2,1H3,(H,27,28). The van der Waals surface area contributed by atoms with Crippen LogP contribution in [0.4, 0.5) is 4.39 Å². The van der Waals surface area contributed by atoms with Gasteiger partial charge in [0.2, 0.25) is 0 Å². The molecule has 0 spiro atoms. The van der Waals surface area contributed by atoms with Crippen molar-refractivity contribution in [1.82, 2.24) is 0 Å². The van der Waals surface area contributed by atoms with E-state index in [1.54, 1.807) is 18.2 Å². The number of carboxylic acids is 1. The van der Waals surface area contributed by atoms with Crippen LogP contribution >= 0.6 is 0 Å². The zero-order chi connectivity index (χ0) is 20.3. The first-order valence-corrected chi connectivity index (χ1v) is 9.40. The maximum absolute atomic E-state index is 14.6. The molecule has 0 bridgehead atoms. The molecule has 0 saturated carbocycles. The monoisotopic (exact) mass is 391 g/mol. The van der Waals surface area contributed by atoms with Gasteiger partial charge in [-0.3, -0.25) is 4.99 Å². The summed E-state index contributed by atoms with van der Waals surface area (Å²) in [5.74, 6) is -1.21. The Bertz CT molecular complexity index is 1180. The van der Waals surface area contributed by atoms with Crippen molar-refractivity contribution in [2.75, 3.05) is 6.61 Å². The van der Waals surface area contributed by atoms with Crippen LogP contribution < -0.4 is 4.74 Å². The second-order valence-electron chi connectivity index (χ2n) is 7.71. The molecule has 3 aliphatic rings. The molecule has 0 radical (unpaired) electrons. The van der Waals surface area contributed by atoms with Gasteiger partial charge in [-0.2, -0.15) is 0 Å². The van der Waals surface area contributed by atoms with Crippen molar-refractivity contribution in [2.45, 2.75) is 25.3 Å². The Balaban J connectivity index is 1.78. The molecule has 146 valence electrons. The van der Waals surface area contributed by atoms with E-state index in [0.717, 1.165) is 28.7 Å². The van der Waals surface area contributed by atoms with Crippen molar-refractivity contribution < 1.29 is 24.1 Å². The molecule has 0 aromatic heterocycles. The Kier molecular flexibility index (Phi) is 3.68. The number of allylic oxidation sites excluding steroid dienone is 1. The molecule has 0 amide bonds. The smallest absolute Gasteiger partial charge is 0.341 e. The predicted octanol–water partition coefficient (Wildman–Crippen LogP) is 4.11. The second-order valence-corrected chi connectivity index (χ2v) is 7.71. The molecule has 2 N–H and O–H groups in total. The number of aliphatic carboxylic acids is 1. The number of carboxylic acid groups (broad SMARTS) is 1. The maximum atomic E-state index is 14.6. The van der Waals surface area contributed by atoms with Crippen LogP contribution in [0, 0.1) is 5.82 Å². The number of aliphatic imine (C=N–C) groups is 1. The van der Waals surface area contributed by atoms with Crippen LogP contribution in [0.1, 0.15) is 23.6 Å². The minimum atomic E-state index is -1.23. The number of carbonyl (C=O) groups is 1. The summed E-state index contributed by atoms with van der Waals surface area (Å²) in [6, 6.07) is 8.43. The molecular formula is C23H18FNO4. The molecule has 2 aromatic rings. The van der Waals surface area contributed by atoms with Crippen molar-refractivity contribution in [3.05, 3.63) is 70.2 Å². The van der Waals surface area contributed by atoms with Gasteiger partial charge in [0.15, 0.2) is 0 Å². The Morgan fingerprint density at radius 1 is 1.21 bits per heavy atom. The van der Waals surface area contributed by atoms with Crippen LogP contribution in [0.3, 0.4) is 0 Å². The summed E-state index contributed by atoms with van der Waals surface area (Å²) >= 11 is 0. The van der Waals surface area contributed by atoms with E-state index in [0.29, 0.717) is 29.9 Å². The molecule has 2 aromatic carbocycles. The van der Waals surface area contributed by atoms with Gasteiger partial charge in [-0.1, -0.05) is 18.2 Å². The van der Waals surface area contributed by atoms with Crippen LogP contribution in [0.15, 0.2) is 52.7 Å². The predicted molar refractivity (Wildman–Crippen MR) is 107 cm³/mol. The third kappa shape index (κ3) is 2.52. The molecule has 0 saturated heterocycles. The molecule has 29 heavy (non-hydrogen) atoms. The van der Waals surface area contributed by atoms with E-state index in [2.05, 4.69) is 4.99 Å². The number of aliphatic hydroxyl groups is 1. The van der Waals surface area contributed by atoms with Crippen LogP contribution in [0.5, 0.6) is 5.75 Å². The van der Waals surface area contributed by atoms with Gasteiger partial charge in [-0.25, -0.2) is 9.18 Å². The summed E-state index contributed by atoms with van der Waals surface area (Å²) in [5.41, 5.74) is 3.84. The van der Waals surface area contributed by atoms with Crippen LogP contribution in [0.2, 0.25) is 0 Å². The largest absolute Gasteiger partial charge is 0.507 e. The van der Waals surface area contributed by atoms with Crippen molar-refractivity contribution in [2.24, 2.45) is 4.99 Å². The Hall–Kier alpha value is -3.41. The SMILES string of the molecule is CC12Cc3c(cc(-c4ccccc4F)c4c3CCO4)C1=CC(O)=C(C(=O)O)C=N2. The summed E-state index contributed by atoms with van der Waals surface area (Å²) in [4.78, 5) is 15.9. The fraction of sp³-hybridized carbons (Fsp3) is 0.217. The Morgan fingerprint density at radius 3 is 2.76 bits per heavy atom. The van der Waals surface area contributed by atoms with Crippen molar-refractivity contribution in [3.63, 3.8) is 0 Å². The minimum absolute atomic E-state index is 0.242. The molecule has 0 fully saturated rings. The van der Waals surface area contributed by atoms with E-state index in [9.17, 15) is 19.4 Å². The fourth-order valence-corrected chi connectivity index (χ4v) is 4.50. The van der Waals surface area contributed by atoms with Gasteiger partial charge in [0.05, 0.1) is 12.1 Å². The summed E-state index contributed by atoms with van der Waals surface area (Å²) in [5, 5.41) is 19.7. The summed E-state index contributed by atoms with van der Waals surface area (Å²) < 4.78 is 20.4. The van der Waals surface area contributed by atoms with Crippen LogP contribution in [0.25, 0.3) is 16.7 Å². The number of benzene rings is 2. The lowest BCUT2D eigenvalue weighted by Gasteiger charge is -2.20. The average Bonchev–Trinajstić information content (AvgIpc) is 3.22. The van der Waals surface area contributed by atoms with E-state index in [1.807, 2.05) is 13.0 Å². The molecule has 2 heterocycles. The molecule has 1 aliphatic carbocycles. The van der Waals surface area contributed by atoms with Crippen LogP contribution in [-0.4, -0.2) is 34.5 Å². The average molecular weight is 391 g/mol. The first-order chi connectivity index (χ1) is 13.9. The van der Waals surface area contributed by atoms with Gasteiger partial charge < -0.3 is 14.9 Å². The molecular weight excluding hydrogens is 373 g/mol. The number of fused-ring (bicyclic) bond motifs is 5. The zero-order valence-corrected chi connectivity index (χ0v) is 15.7. The van der Waals surface area contributed by atoms with E-state index < -0.39 is 11.5 Å². The number of nitrogens with zero attached hydrogens (tertiary/aromatic N) is 1. The molecule has 5 nitrogen and oxygen atoms in total. The Morgan fingerprint density at radius 2 is 2.00 bits per heavy atom. The van der Waals surface area contributed by atoms with Gasteiger partial charge in [0, 0.05) is 35.7 Å². The zero-order valence-electron chi connectivity index (χ0n) is 15.7. The van der Waals surface area contributed by atoms with Gasteiger partial charge in [-0.05, 0) is 41.8 Å². The second kappa shape index (κ2) is 6.04. The van der Waals surface area contributed by atoms with Gasteiger partial charge >= 0.3 is 5.97 Å². The lowest BCUT2D eigenvalue weighted by molar-refractivity contribution is -0.132. The molecule has 5 rings (SSSR count). The van der Waals surface area contributed by atoms with Crippen molar-refractivity contribution in [1.29, 1.82) is 0 Å². The van der Waals surface area contributed by atoms with E-state index >= 15 is 0 Å². The van der Waals surface area contributed by atoms with Crippen molar-refractivity contribution in [3.8, 4) is 16.9 Å². The highest BCUT2D eigenvalue weighted by Gasteiger charge is 2.42. The van der Waals surface area contributed by atoms with Gasteiger partial charge in [-0.15, -0.1) is 0 Å². The van der Waals surface area contributed by atoms with Gasteiger partial charge in [0.1, 0.15) is 22.9 Å². The van der Waals surface area contributed by atoms with E-state index in [1.165, 1.54) is 18.4 Å². The molecule has 6 heteroatoms. The third-order valence-corrected chi connectivity index (χ3v) is 5.92. The molecule has 1 atom stereocenters. The third-order valence-electron chi connectivity index (χ3n) is 5.92. The van der Waals surface area contributed by atoms with E-state index in [-0.39, 0.29) is 17.1 Å². The minimum Gasteiger partial charge on any atom is -0.507 e. The number of halogens is 1. The van der Waals surface area contributed by atoms with Gasteiger partial charge in [0.25, 0.3) is 0 Å². The summed E-state index contributed by atoms with van der Waals surface area (Å²) in [7, 11) is 0. The lowest BCUT2D eigenvalue weighted by atomic mass is 9.91. The summed E-state index contributed by atoms with van der Waals surface area (Å²) in [6.07, 6.45) is 3.99. The quantitative estimate of drug-likeness (QED) is 0.808. The molecule has 1 unspecified atom stereocenters. The van der Waals surface area contributed by atoms with Crippen LogP contribution in [-0.2, 0) is 17.6 Å².